The minimum Gasteiger partial charge on any atom is -1.00 e. The smallest absolute Gasteiger partial charge is 0.247 e. The highest BCUT2D eigenvalue weighted by molar-refractivity contribution is 4.81. The van der Waals surface area contributed by atoms with Crippen LogP contribution in [0.2, 0.25) is 0 Å². The van der Waals surface area contributed by atoms with Gasteiger partial charge in [-0.1, -0.05) is 53.4 Å². The molecular formula is C21H39ClN2O2. The Morgan fingerprint density at radius 1 is 1.19 bits per heavy atom. The summed E-state index contributed by atoms with van der Waals surface area (Å²) in [5.74, 6) is 2.19. The first kappa shape index (κ1) is 23.5. The highest BCUT2D eigenvalue weighted by Crippen LogP contribution is 2.35. The Balaban J connectivity index is 0.00000338. The van der Waals surface area contributed by atoms with Gasteiger partial charge in [0.05, 0.1) is 12.7 Å². The number of imidazole rings is 1. The number of hydrogen-bond acceptors (Lipinski definition) is 2. The van der Waals surface area contributed by atoms with Crippen LogP contribution < -0.4 is 17.0 Å². The van der Waals surface area contributed by atoms with Gasteiger partial charge in [0.1, 0.15) is 12.4 Å². The van der Waals surface area contributed by atoms with Crippen LogP contribution in [0.1, 0.15) is 72.6 Å². The number of hydrogen-bond donors (Lipinski definition) is 0. The van der Waals surface area contributed by atoms with Gasteiger partial charge in [-0.05, 0) is 37.0 Å². The summed E-state index contributed by atoms with van der Waals surface area (Å²) in [6.07, 6.45) is 15.5. The normalized spacial score (nSPS) is 23.2. The Morgan fingerprint density at radius 3 is 2.73 bits per heavy atom. The summed E-state index contributed by atoms with van der Waals surface area (Å²) in [4.78, 5) is 0. The summed E-state index contributed by atoms with van der Waals surface area (Å²) >= 11 is 0. The van der Waals surface area contributed by atoms with E-state index in [1.165, 1.54) is 38.5 Å². The molecule has 5 heteroatoms. The van der Waals surface area contributed by atoms with Crippen molar-refractivity contribution in [2.75, 3.05) is 6.61 Å². The largest absolute Gasteiger partial charge is 1.00 e. The first-order valence-electron chi connectivity index (χ1n) is 10.3. The van der Waals surface area contributed by atoms with E-state index in [4.69, 9.17) is 9.47 Å². The maximum Gasteiger partial charge on any atom is 0.247 e. The number of halogens is 1. The van der Waals surface area contributed by atoms with Crippen LogP contribution in [0.4, 0.5) is 0 Å². The molecule has 0 aromatic carbocycles. The second-order valence-electron chi connectivity index (χ2n) is 8.20. The summed E-state index contributed by atoms with van der Waals surface area (Å²) < 4.78 is 16.3. The van der Waals surface area contributed by atoms with Gasteiger partial charge in [0.25, 0.3) is 0 Å². The lowest BCUT2D eigenvalue weighted by Gasteiger charge is -2.36. The van der Waals surface area contributed by atoms with Crippen molar-refractivity contribution < 1.29 is 26.4 Å². The molecule has 2 rings (SSSR count). The molecular weight excluding hydrogens is 348 g/mol. The van der Waals surface area contributed by atoms with Gasteiger partial charge in [0.15, 0.2) is 13.5 Å². The summed E-state index contributed by atoms with van der Waals surface area (Å²) in [5.41, 5.74) is 0. The van der Waals surface area contributed by atoms with E-state index in [1.807, 2.05) is 0 Å². The minimum absolute atomic E-state index is 0. The van der Waals surface area contributed by atoms with Gasteiger partial charge in [0.2, 0.25) is 6.33 Å². The van der Waals surface area contributed by atoms with E-state index in [2.05, 4.69) is 55.6 Å². The Labute approximate surface area is 166 Å². The molecule has 0 amide bonds. The molecule has 1 saturated carbocycles. The van der Waals surface area contributed by atoms with E-state index in [-0.39, 0.29) is 12.4 Å². The molecule has 1 aliphatic rings. The third-order valence-corrected chi connectivity index (χ3v) is 5.53. The van der Waals surface area contributed by atoms with E-state index in [0.29, 0.717) is 31.4 Å². The molecule has 3 atom stereocenters. The Hall–Kier alpha value is -0.580. The quantitative estimate of drug-likeness (QED) is 0.428. The highest BCUT2D eigenvalue weighted by Gasteiger charge is 2.31. The molecule has 1 aromatic heterocycles. The molecule has 0 aliphatic heterocycles. The van der Waals surface area contributed by atoms with E-state index >= 15 is 0 Å². The lowest BCUT2D eigenvalue weighted by molar-refractivity contribution is -0.732. The number of nitrogens with zero attached hydrogens (tertiary/aromatic N) is 2. The first-order chi connectivity index (χ1) is 12.1. The van der Waals surface area contributed by atoms with Crippen LogP contribution in [-0.2, 0) is 22.9 Å². The lowest BCUT2D eigenvalue weighted by Crippen LogP contribution is -3.00. The van der Waals surface area contributed by atoms with Crippen molar-refractivity contribution in [3.05, 3.63) is 18.7 Å². The van der Waals surface area contributed by atoms with Crippen molar-refractivity contribution in [3.63, 3.8) is 0 Å². The molecule has 0 bridgehead atoms. The lowest BCUT2D eigenvalue weighted by atomic mass is 9.75. The molecule has 26 heavy (non-hydrogen) atoms. The summed E-state index contributed by atoms with van der Waals surface area (Å²) in [5, 5.41) is 0. The van der Waals surface area contributed by atoms with Crippen molar-refractivity contribution in [2.24, 2.45) is 17.8 Å². The molecule has 0 unspecified atom stereocenters. The summed E-state index contributed by atoms with van der Waals surface area (Å²) in [6.45, 7) is 11.4. The number of ether oxygens (including phenoxy) is 2. The van der Waals surface area contributed by atoms with E-state index in [1.54, 1.807) is 0 Å². The first-order valence-corrected chi connectivity index (χ1v) is 10.3. The molecule has 1 heterocycles. The van der Waals surface area contributed by atoms with Crippen LogP contribution in [0.15, 0.2) is 18.7 Å². The number of aromatic nitrogens is 2. The van der Waals surface area contributed by atoms with Gasteiger partial charge in [-0.25, -0.2) is 9.13 Å². The van der Waals surface area contributed by atoms with Gasteiger partial charge in [-0.3, -0.25) is 0 Å². The van der Waals surface area contributed by atoms with Crippen LogP contribution in [0.3, 0.4) is 0 Å². The predicted octanol–water partition coefficient (Wildman–Crippen LogP) is 1.77. The van der Waals surface area contributed by atoms with Crippen LogP contribution in [0.25, 0.3) is 0 Å². The fourth-order valence-corrected chi connectivity index (χ4v) is 3.88. The van der Waals surface area contributed by atoms with E-state index < -0.39 is 0 Å². The molecule has 0 saturated heterocycles. The molecule has 1 aliphatic carbocycles. The molecule has 152 valence electrons. The molecule has 4 nitrogen and oxygen atoms in total. The van der Waals surface area contributed by atoms with Crippen molar-refractivity contribution in [1.82, 2.24) is 4.57 Å². The maximum atomic E-state index is 6.31. The monoisotopic (exact) mass is 386 g/mol. The third-order valence-electron chi connectivity index (χ3n) is 5.53. The SMILES string of the molecule is CCCCCCOC[n+]1ccn(CO[C@@H]2C[C@H](C)CC[C@H]2C(C)C)c1.[Cl-]. The van der Waals surface area contributed by atoms with Crippen molar-refractivity contribution in [2.45, 2.75) is 92.2 Å². The van der Waals surface area contributed by atoms with Gasteiger partial charge >= 0.3 is 0 Å². The fourth-order valence-electron chi connectivity index (χ4n) is 3.88. The maximum absolute atomic E-state index is 6.31. The van der Waals surface area contributed by atoms with Crippen LogP contribution in [0.5, 0.6) is 0 Å². The molecule has 0 spiro atoms. The zero-order chi connectivity index (χ0) is 18.1. The van der Waals surface area contributed by atoms with Crippen molar-refractivity contribution in [1.29, 1.82) is 0 Å². The van der Waals surface area contributed by atoms with Gasteiger partial charge in [0, 0.05) is 0 Å². The van der Waals surface area contributed by atoms with Gasteiger partial charge in [-0.2, -0.15) is 0 Å². The predicted molar refractivity (Wildman–Crippen MR) is 101 cm³/mol. The standard InChI is InChI=1S/C21H39N2O2.ClH/c1-5-6-7-8-13-24-16-22-11-12-23(15-22)17-25-21-14-19(4)9-10-20(21)18(2)3;/h11-12,15,18-21H,5-10,13-14,16-17H2,1-4H3;1H/q+1;/p-1/t19-,20+,21-;/m1./s1. The van der Waals surface area contributed by atoms with Crippen LogP contribution in [-0.4, -0.2) is 17.3 Å². The average Bonchev–Trinajstić information content (AvgIpc) is 3.04. The van der Waals surface area contributed by atoms with Gasteiger partial charge in [-0.15, -0.1) is 0 Å². The van der Waals surface area contributed by atoms with E-state index in [0.717, 1.165) is 18.9 Å². The van der Waals surface area contributed by atoms with Crippen molar-refractivity contribution >= 4 is 0 Å². The second kappa shape index (κ2) is 12.7. The number of unbranched alkanes of at least 4 members (excludes halogenated alkanes) is 3. The Kier molecular flexibility index (Phi) is 11.5. The van der Waals surface area contributed by atoms with Crippen molar-refractivity contribution in [3.8, 4) is 0 Å². The highest BCUT2D eigenvalue weighted by atomic mass is 35.5. The molecule has 1 fully saturated rings. The second-order valence-corrected chi connectivity index (χ2v) is 8.20. The Bertz CT molecular complexity index is 478. The molecule has 0 radical (unpaired) electrons. The topological polar surface area (TPSA) is 27.3 Å². The third kappa shape index (κ3) is 7.98. The summed E-state index contributed by atoms with van der Waals surface area (Å²) in [7, 11) is 0. The average molecular weight is 387 g/mol. The zero-order valence-electron chi connectivity index (χ0n) is 17.2. The van der Waals surface area contributed by atoms with E-state index in [9.17, 15) is 0 Å². The van der Waals surface area contributed by atoms with Gasteiger partial charge < -0.3 is 21.9 Å². The molecule has 0 N–H and O–H groups in total. The number of rotatable bonds is 11. The fraction of sp³-hybridized carbons (Fsp3) is 0.857. The Morgan fingerprint density at radius 2 is 2.00 bits per heavy atom. The zero-order valence-corrected chi connectivity index (χ0v) is 18.0. The van der Waals surface area contributed by atoms with Crippen LogP contribution >= 0.6 is 0 Å². The molecule has 1 aromatic rings. The summed E-state index contributed by atoms with van der Waals surface area (Å²) in [6, 6.07) is 0. The minimum atomic E-state index is 0. The van der Waals surface area contributed by atoms with Crippen LogP contribution in [0, 0.1) is 17.8 Å².